The van der Waals surface area contributed by atoms with Crippen molar-refractivity contribution in [1.82, 2.24) is 4.98 Å². The Morgan fingerprint density at radius 2 is 1.80 bits per heavy atom. The van der Waals surface area contributed by atoms with Crippen molar-refractivity contribution in [2.45, 2.75) is 0 Å². The minimum Gasteiger partial charge on any atom is -1.00 e. The van der Waals surface area contributed by atoms with Gasteiger partial charge < -0.3 is 24.0 Å². The van der Waals surface area contributed by atoms with Crippen LogP contribution in [-0.4, -0.2) is 4.98 Å². The highest BCUT2D eigenvalue weighted by Gasteiger charge is 2.01. The lowest BCUT2D eigenvalue weighted by molar-refractivity contribution is -0.673. The van der Waals surface area contributed by atoms with E-state index in [0.717, 1.165) is 16.8 Å². The Morgan fingerprint density at radius 3 is 2.65 bits per heavy atom. The second-order valence-corrected chi connectivity index (χ2v) is 4.49. The highest BCUT2D eigenvalue weighted by molar-refractivity contribution is 5.89. The van der Waals surface area contributed by atoms with E-state index in [1.54, 1.807) is 0 Å². The van der Waals surface area contributed by atoms with Crippen LogP contribution < -0.4 is 28.5 Å². The van der Waals surface area contributed by atoms with Crippen molar-refractivity contribution in [1.29, 1.82) is 0 Å². The molecule has 0 radical (unpaired) electrons. The van der Waals surface area contributed by atoms with Crippen LogP contribution in [0.25, 0.3) is 23.1 Å². The van der Waals surface area contributed by atoms with E-state index in [9.17, 15) is 0 Å². The molecule has 0 aliphatic carbocycles. The first-order chi connectivity index (χ1) is 9.34. The predicted molar refractivity (Wildman–Crippen MR) is 78.3 cm³/mol. The summed E-state index contributed by atoms with van der Waals surface area (Å²) < 4.78 is 2.09. The summed E-state index contributed by atoms with van der Waals surface area (Å²) in [6.07, 6.45) is 8.11. The summed E-state index contributed by atoms with van der Waals surface area (Å²) in [6, 6.07) is 16.5. The van der Waals surface area contributed by atoms with E-state index in [2.05, 4.69) is 52.0 Å². The zero-order chi connectivity index (χ0) is 13.1. The number of fused-ring (bicyclic) bond motifs is 1. The normalized spacial score (nSPS) is 10.7. The van der Waals surface area contributed by atoms with Gasteiger partial charge in [0.1, 0.15) is 7.05 Å². The first kappa shape index (κ1) is 14.7. The summed E-state index contributed by atoms with van der Waals surface area (Å²) in [7, 11) is 2.04. The van der Waals surface area contributed by atoms with Gasteiger partial charge in [0.05, 0.1) is 5.52 Å². The molecule has 0 bridgehead atoms. The average Bonchev–Trinajstić information content (AvgIpc) is 2.46. The van der Waals surface area contributed by atoms with Gasteiger partial charge in [0.25, 0.3) is 0 Å². The van der Waals surface area contributed by atoms with Crippen LogP contribution in [0.5, 0.6) is 0 Å². The molecule has 20 heavy (non-hydrogen) atoms. The van der Waals surface area contributed by atoms with Gasteiger partial charge in [-0.15, -0.1) is 0 Å². The number of benzene rings is 1. The van der Waals surface area contributed by atoms with Gasteiger partial charge in [-0.3, -0.25) is 4.98 Å². The van der Waals surface area contributed by atoms with Crippen molar-refractivity contribution >= 4 is 23.1 Å². The fraction of sp³-hybridized carbons (Fsp3) is 0.0588. The van der Waals surface area contributed by atoms with Crippen LogP contribution in [-0.2, 0) is 7.05 Å². The third-order valence-corrected chi connectivity index (χ3v) is 3.19. The number of hydrogen-bond donors (Lipinski definition) is 0. The summed E-state index contributed by atoms with van der Waals surface area (Å²) in [5.74, 6) is 0. The SMILES string of the molecule is C[n+]1ccccc1/C=C/c1cccc2cccnc12.[I-]. The Balaban J connectivity index is 0.00000147. The predicted octanol–water partition coefficient (Wildman–Crippen LogP) is 0.234. The molecule has 0 saturated carbocycles. The quantitative estimate of drug-likeness (QED) is 0.464. The van der Waals surface area contributed by atoms with Crippen molar-refractivity contribution in [3.63, 3.8) is 0 Å². The second kappa shape index (κ2) is 6.61. The Labute approximate surface area is 135 Å². The van der Waals surface area contributed by atoms with E-state index in [-0.39, 0.29) is 24.0 Å². The molecule has 0 spiro atoms. The van der Waals surface area contributed by atoms with Crippen molar-refractivity contribution < 1.29 is 28.5 Å². The highest BCUT2D eigenvalue weighted by Crippen LogP contribution is 2.17. The van der Waals surface area contributed by atoms with Gasteiger partial charge >= 0.3 is 0 Å². The molecule has 2 nitrogen and oxygen atoms in total. The standard InChI is InChI=1S/C17H15N2.HI/c1-19-13-3-2-9-16(19)11-10-15-7-4-6-14-8-5-12-18-17(14)15;/h2-13H,1H3;1H/q+1;/p-1. The maximum Gasteiger partial charge on any atom is 0.204 e. The lowest BCUT2D eigenvalue weighted by Gasteiger charge is -2.00. The monoisotopic (exact) mass is 374 g/mol. The van der Waals surface area contributed by atoms with Gasteiger partial charge in [0, 0.05) is 35.4 Å². The van der Waals surface area contributed by atoms with E-state index in [4.69, 9.17) is 0 Å². The van der Waals surface area contributed by atoms with E-state index < -0.39 is 0 Å². The third-order valence-electron chi connectivity index (χ3n) is 3.19. The first-order valence-corrected chi connectivity index (χ1v) is 6.31. The van der Waals surface area contributed by atoms with E-state index in [1.165, 1.54) is 5.39 Å². The summed E-state index contributed by atoms with van der Waals surface area (Å²) in [4.78, 5) is 4.46. The molecule has 2 heterocycles. The van der Waals surface area contributed by atoms with Crippen molar-refractivity contribution in [2.75, 3.05) is 0 Å². The summed E-state index contributed by atoms with van der Waals surface area (Å²) in [6.45, 7) is 0. The number of rotatable bonds is 2. The molecule has 0 amide bonds. The topological polar surface area (TPSA) is 16.8 Å². The molecule has 0 aliphatic rings. The summed E-state index contributed by atoms with van der Waals surface area (Å²) in [5.41, 5.74) is 3.34. The lowest BCUT2D eigenvalue weighted by atomic mass is 10.1. The van der Waals surface area contributed by atoms with Crippen LogP contribution in [0.4, 0.5) is 0 Å². The molecule has 0 atom stereocenters. The Kier molecular flexibility index (Phi) is 4.84. The molecular formula is C17H15IN2. The van der Waals surface area contributed by atoms with Crippen molar-refractivity contribution in [2.24, 2.45) is 7.05 Å². The molecule has 0 aliphatic heterocycles. The van der Waals surface area contributed by atoms with E-state index in [1.807, 2.05) is 37.6 Å². The molecule has 0 N–H and O–H groups in total. The van der Waals surface area contributed by atoms with Gasteiger partial charge in [-0.25, -0.2) is 4.57 Å². The van der Waals surface area contributed by atoms with E-state index >= 15 is 0 Å². The highest BCUT2D eigenvalue weighted by atomic mass is 127. The maximum absolute atomic E-state index is 4.46. The van der Waals surface area contributed by atoms with Crippen LogP contribution in [0.3, 0.4) is 0 Å². The van der Waals surface area contributed by atoms with Gasteiger partial charge in [-0.1, -0.05) is 24.3 Å². The molecular weight excluding hydrogens is 359 g/mol. The molecule has 3 heteroatoms. The maximum atomic E-state index is 4.46. The van der Waals surface area contributed by atoms with Crippen molar-refractivity contribution in [3.8, 4) is 0 Å². The number of hydrogen-bond acceptors (Lipinski definition) is 1. The summed E-state index contributed by atoms with van der Waals surface area (Å²) >= 11 is 0. The van der Waals surface area contributed by atoms with E-state index in [0.29, 0.717) is 0 Å². The minimum absolute atomic E-state index is 0. The smallest absolute Gasteiger partial charge is 0.204 e. The molecule has 3 aromatic rings. The Morgan fingerprint density at radius 1 is 0.950 bits per heavy atom. The average molecular weight is 374 g/mol. The Bertz CT molecular complexity index is 745. The van der Waals surface area contributed by atoms with Gasteiger partial charge in [0.2, 0.25) is 5.69 Å². The number of para-hydroxylation sites is 1. The number of nitrogens with zero attached hydrogens (tertiary/aromatic N) is 2. The van der Waals surface area contributed by atoms with Crippen LogP contribution in [0.1, 0.15) is 11.3 Å². The van der Waals surface area contributed by atoms with Crippen LogP contribution >= 0.6 is 0 Å². The zero-order valence-electron chi connectivity index (χ0n) is 11.2. The van der Waals surface area contributed by atoms with Gasteiger partial charge in [0.15, 0.2) is 6.20 Å². The fourth-order valence-electron chi connectivity index (χ4n) is 2.15. The second-order valence-electron chi connectivity index (χ2n) is 4.49. The molecule has 100 valence electrons. The molecule has 0 saturated heterocycles. The Hall–Kier alpha value is -1.75. The van der Waals surface area contributed by atoms with Crippen LogP contribution in [0.2, 0.25) is 0 Å². The largest absolute Gasteiger partial charge is 1.00 e. The van der Waals surface area contributed by atoms with Crippen molar-refractivity contribution in [3.05, 3.63) is 72.2 Å². The number of aromatic nitrogens is 2. The van der Waals surface area contributed by atoms with Gasteiger partial charge in [-0.2, -0.15) is 0 Å². The van der Waals surface area contributed by atoms with Crippen LogP contribution in [0.15, 0.2) is 60.9 Å². The number of aryl methyl sites for hydroxylation is 1. The minimum atomic E-state index is 0. The zero-order valence-corrected chi connectivity index (χ0v) is 13.4. The number of pyridine rings is 2. The summed E-state index contributed by atoms with van der Waals surface area (Å²) in [5, 5.41) is 1.17. The lowest BCUT2D eigenvalue weighted by Crippen LogP contribution is -3.00. The number of halogens is 1. The first-order valence-electron chi connectivity index (χ1n) is 6.31. The van der Waals surface area contributed by atoms with Crippen LogP contribution in [0, 0.1) is 0 Å². The van der Waals surface area contributed by atoms with Gasteiger partial charge in [-0.05, 0) is 18.2 Å². The molecule has 2 aromatic heterocycles. The molecule has 0 fully saturated rings. The fourth-order valence-corrected chi connectivity index (χ4v) is 2.15. The molecule has 1 aromatic carbocycles. The third kappa shape index (κ3) is 3.04. The molecule has 0 unspecified atom stereocenters. The molecule has 3 rings (SSSR count).